The number of hydrogen-bond donors (Lipinski definition) is 1. The first-order valence-electron chi connectivity index (χ1n) is 7.62. The average molecular weight is 275 g/mol. The monoisotopic (exact) mass is 275 g/mol. The zero-order valence-electron chi connectivity index (χ0n) is 12.8. The van der Waals surface area contributed by atoms with Gasteiger partial charge in [-0.1, -0.05) is 6.92 Å². The summed E-state index contributed by atoms with van der Waals surface area (Å²) in [7, 11) is 0. The molecule has 110 valence electrons. The summed E-state index contributed by atoms with van der Waals surface area (Å²) in [6.07, 6.45) is 3.08. The number of Topliss-reactive ketones (excluding diaryl/α,β-unsaturated/α-hetero) is 1. The molecular weight excluding hydrogens is 250 g/mol. The molecule has 3 nitrogen and oxygen atoms in total. The number of aryl methyl sites for hydroxylation is 2. The normalized spacial score (nSPS) is 18.9. The lowest BCUT2D eigenvalue weighted by Crippen LogP contribution is -2.34. The predicted molar refractivity (Wildman–Crippen MR) is 81.6 cm³/mol. The van der Waals surface area contributed by atoms with Crippen molar-refractivity contribution >= 4 is 5.78 Å². The third kappa shape index (κ3) is 3.40. The van der Waals surface area contributed by atoms with Crippen LogP contribution in [-0.4, -0.2) is 25.5 Å². The minimum atomic E-state index is 0.129. The van der Waals surface area contributed by atoms with Crippen molar-refractivity contribution in [3.63, 3.8) is 0 Å². The number of nitrogens with one attached hydrogen (secondary N) is 1. The van der Waals surface area contributed by atoms with E-state index in [9.17, 15) is 4.79 Å². The topological polar surface area (TPSA) is 38.3 Å². The Morgan fingerprint density at radius 1 is 1.35 bits per heavy atom. The predicted octanol–water partition coefficient (Wildman–Crippen LogP) is 3.27. The van der Waals surface area contributed by atoms with Crippen LogP contribution in [0.1, 0.15) is 47.7 Å². The SMILES string of the molecule is CCCOc1cc(C)c(C(=O)C2CCCNC2)cc1C. The van der Waals surface area contributed by atoms with Gasteiger partial charge in [-0.15, -0.1) is 0 Å². The van der Waals surface area contributed by atoms with Gasteiger partial charge in [-0.3, -0.25) is 4.79 Å². The lowest BCUT2D eigenvalue weighted by Gasteiger charge is -2.22. The first-order chi connectivity index (χ1) is 9.63. The number of piperidine rings is 1. The Hall–Kier alpha value is -1.35. The van der Waals surface area contributed by atoms with E-state index >= 15 is 0 Å². The highest BCUT2D eigenvalue weighted by atomic mass is 16.5. The molecule has 1 heterocycles. The van der Waals surface area contributed by atoms with Crippen LogP contribution in [0.15, 0.2) is 12.1 Å². The molecule has 1 aliphatic heterocycles. The van der Waals surface area contributed by atoms with E-state index in [0.29, 0.717) is 0 Å². The molecule has 0 radical (unpaired) electrons. The summed E-state index contributed by atoms with van der Waals surface area (Å²) in [6, 6.07) is 4.01. The third-order valence-electron chi connectivity index (χ3n) is 3.92. The van der Waals surface area contributed by atoms with Crippen LogP contribution in [0.5, 0.6) is 5.75 Å². The second kappa shape index (κ2) is 6.89. The first-order valence-corrected chi connectivity index (χ1v) is 7.62. The number of benzene rings is 1. The molecule has 1 saturated heterocycles. The van der Waals surface area contributed by atoms with Gasteiger partial charge >= 0.3 is 0 Å². The van der Waals surface area contributed by atoms with Gasteiger partial charge in [0.1, 0.15) is 5.75 Å². The summed E-state index contributed by atoms with van der Waals surface area (Å²) in [5, 5.41) is 3.31. The van der Waals surface area contributed by atoms with Crippen molar-refractivity contribution in [2.75, 3.05) is 19.7 Å². The number of rotatable bonds is 5. The molecule has 20 heavy (non-hydrogen) atoms. The first kappa shape index (κ1) is 15.0. The van der Waals surface area contributed by atoms with Crippen LogP contribution in [0.4, 0.5) is 0 Å². The van der Waals surface area contributed by atoms with Crippen LogP contribution in [-0.2, 0) is 0 Å². The number of ether oxygens (including phenoxy) is 1. The molecule has 1 aliphatic rings. The van der Waals surface area contributed by atoms with Crippen molar-refractivity contribution in [1.82, 2.24) is 5.32 Å². The van der Waals surface area contributed by atoms with E-state index in [1.54, 1.807) is 0 Å². The third-order valence-corrected chi connectivity index (χ3v) is 3.92. The molecule has 2 rings (SSSR count). The van der Waals surface area contributed by atoms with Gasteiger partial charge < -0.3 is 10.1 Å². The maximum Gasteiger partial charge on any atom is 0.167 e. The van der Waals surface area contributed by atoms with Crippen LogP contribution < -0.4 is 10.1 Å². The fraction of sp³-hybridized carbons (Fsp3) is 0.588. The van der Waals surface area contributed by atoms with E-state index in [1.807, 2.05) is 26.0 Å². The van der Waals surface area contributed by atoms with Gasteiger partial charge in [0.15, 0.2) is 5.78 Å². The fourth-order valence-corrected chi connectivity index (χ4v) is 2.72. The van der Waals surface area contributed by atoms with Crippen LogP contribution in [0.25, 0.3) is 0 Å². The van der Waals surface area contributed by atoms with Crippen molar-refractivity contribution in [1.29, 1.82) is 0 Å². The summed E-state index contributed by atoms with van der Waals surface area (Å²) in [4.78, 5) is 12.6. The van der Waals surface area contributed by atoms with Crippen molar-refractivity contribution in [2.24, 2.45) is 5.92 Å². The fourth-order valence-electron chi connectivity index (χ4n) is 2.72. The van der Waals surface area contributed by atoms with Gasteiger partial charge in [-0.05, 0) is 62.9 Å². The molecule has 1 aromatic rings. The zero-order valence-corrected chi connectivity index (χ0v) is 12.8. The Bertz CT molecular complexity index is 476. The molecule has 1 N–H and O–H groups in total. The second-order valence-corrected chi connectivity index (χ2v) is 5.69. The van der Waals surface area contributed by atoms with Crippen molar-refractivity contribution < 1.29 is 9.53 Å². The number of carbonyl (C=O) groups is 1. The molecule has 0 aliphatic carbocycles. The van der Waals surface area contributed by atoms with E-state index in [1.165, 1.54) is 0 Å². The summed E-state index contributed by atoms with van der Waals surface area (Å²) < 4.78 is 5.72. The summed E-state index contributed by atoms with van der Waals surface area (Å²) >= 11 is 0. The minimum absolute atomic E-state index is 0.129. The van der Waals surface area contributed by atoms with E-state index in [2.05, 4.69) is 12.2 Å². The molecule has 0 spiro atoms. The van der Waals surface area contributed by atoms with Gasteiger partial charge in [0.25, 0.3) is 0 Å². The minimum Gasteiger partial charge on any atom is -0.493 e. The highest BCUT2D eigenvalue weighted by Crippen LogP contribution is 2.26. The molecule has 0 amide bonds. The van der Waals surface area contributed by atoms with E-state index in [-0.39, 0.29) is 11.7 Å². The Balaban J connectivity index is 2.19. The van der Waals surface area contributed by atoms with Crippen molar-refractivity contribution in [2.45, 2.75) is 40.0 Å². The van der Waals surface area contributed by atoms with E-state index < -0.39 is 0 Å². The van der Waals surface area contributed by atoms with Gasteiger partial charge in [0.2, 0.25) is 0 Å². The van der Waals surface area contributed by atoms with Crippen molar-refractivity contribution in [3.05, 3.63) is 28.8 Å². The Morgan fingerprint density at radius 2 is 2.15 bits per heavy atom. The quantitative estimate of drug-likeness (QED) is 0.838. The average Bonchev–Trinajstić information content (AvgIpc) is 2.48. The van der Waals surface area contributed by atoms with Gasteiger partial charge in [0.05, 0.1) is 6.61 Å². The van der Waals surface area contributed by atoms with E-state index in [0.717, 1.165) is 61.4 Å². The molecular formula is C17H25NO2. The molecule has 1 aromatic carbocycles. The number of carbonyl (C=O) groups excluding carboxylic acids is 1. The maximum atomic E-state index is 12.6. The highest BCUT2D eigenvalue weighted by molar-refractivity contribution is 5.99. The Kier molecular flexibility index (Phi) is 5.18. The Morgan fingerprint density at radius 3 is 2.80 bits per heavy atom. The molecule has 0 saturated carbocycles. The molecule has 3 heteroatoms. The lowest BCUT2D eigenvalue weighted by atomic mass is 9.88. The largest absolute Gasteiger partial charge is 0.493 e. The van der Waals surface area contributed by atoms with Crippen LogP contribution in [0.2, 0.25) is 0 Å². The molecule has 1 atom stereocenters. The number of hydrogen-bond acceptors (Lipinski definition) is 3. The van der Waals surface area contributed by atoms with Gasteiger partial charge in [-0.2, -0.15) is 0 Å². The maximum absolute atomic E-state index is 12.6. The molecule has 1 unspecified atom stereocenters. The molecule has 0 aromatic heterocycles. The highest BCUT2D eigenvalue weighted by Gasteiger charge is 2.24. The summed E-state index contributed by atoms with van der Waals surface area (Å²) in [5.41, 5.74) is 2.94. The Labute approximate surface area is 121 Å². The van der Waals surface area contributed by atoms with E-state index in [4.69, 9.17) is 4.74 Å². The van der Waals surface area contributed by atoms with Crippen LogP contribution in [0.3, 0.4) is 0 Å². The molecule has 1 fully saturated rings. The standard InChI is InChI=1S/C17H25NO2/c1-4-8-20-16-10-12(2)15(9-13(16)3)17(19)14-6-5-7-18-11-14/h9-10,14,18H,4-8,11H2,1-3H3. The second-order valence-electron chi connectivity index (χ2n) is 5.69. The smallest absolute Gasteiger partial charge is 0.167 e. The molecule has 0 bridgehead atoms. The summed E-state index contributed by atoms with van der Waals surface area (Å²) in [5.74, 6) is 1.31. The zero-order chi connectivity index (χ0) is 14.5. The van der Waals surface area contributed by atoms with Crippen LogP contribution in [0, 0.1) is 19.8 Å². The lowest BCUT2D eigenvalue weighted by molar-refractivity contribution is 0.0899. The van der Waals surface area contributed by atoms with Gasteiger partial charge in [0, 0.05) is 18.0 Å². The number of ketones is 1. The summed E-state index contributed by atoms with van der Waals surface area (Å²) in [6.45, 7) is 8.68. The van der Waals surface area contributed by atoms with Crippen LogP contribution >= 0.6 is 0 Å². The van der Waals surface area contributed by atoms with Gasteiger partial charge in [-0.25, -0.2) is 0 Å². The van der Waals surface area contributed by atoms with Crippen molar-refractivity contribution in [3.8, 4) is 5.75 Å².